The Morgan fingerprint density at radius 1 is 1.00 bits per heavy atom. The average molecular weight is 267 g/mol. The lowest BCUT2D eigenvalue weighted by molar-refractivity contribution is 1.36. The van der Waals surface area contributed by atoms with Crippen molar-refractivity contribution >= 4 is 22.7 Å². The molecule has 0 unspecified atom stereocenters. The van der Waals surface area contributed by atoms with Crippen LogP contribution in [0.3, 0.4) is 0 Å². The van der Waals surface area contributed by atoms with Crippen LogP contribution in [0.1, 0.15) is 0 Å². The first-order chi connectivity index (χ1) is 9.28. The van der Waals surface area contributed by atoms with Crippen LogP contribution in [0, 0.1) is 0 Å². The number of aromatic amines is 1. The molecule has 0 fully saturated rings. The van der Waals surface area contributed by atoms with E-state index in [0.717, 1.165) is 27.1 Å². The summed E-state index contributed by atoms with van der Waals surface area (Å²) < 4.78 is 0. The third-order valence-electron chi connectivity index (χ3n) is 3.12. The van der Waals surface area contributed by atoms with E-state index in [2.05, 4.69) is 4.98 Å². The van der Waals surface area contributed by atoms with Crippen LogP contribution in [-0.2, 0) is 0 Å². The van der Waals surface area contributed by atoms with Gasteiger partial charge in [-0.25, -0.2) is 0 Å². The van der Waals surface area contributed by atoms with Gasteiger partial charge >= 0.3 is 0 Å². The number of benzene rings is 2. The molecule has 2 nitrogen and oxygen atoms in total. The third kappa shape index (κ3) is 2.29. The van der Waals surface area contributed by atoms with E-state index >= 15 is 0 Å². The lowest BCUT2D eigenvalue weighted by Gasteiger charge is -2.05. The minimum absolute atomic E-state index is 0.0588. The highest BCUT2D eigenvalue weighted by atomic mass is 32.2. The Labute approximate surface area is 115 Å². The van der Waals surface area contributed by atoms with Gasteiger partial charge in [-0.05, 0) is 30.0 Å². The number of H-pyrrole nitrogens is 1. The van der Waals surface area contributed by atoms with Crippen molar-refractivity contribution in [1.29, 1.82) is 0 Å². The first kappa shape index (κ1) is 12.1. The van der Waals surface area contributed by atoms with Crippen LogP contribution in [0.5, 0.6) is 0 Å². The summed E-state index contributed by atoms with van der Waals surface area (Å²) in [5.74, 6) is 0. The van der Waals surface area contributed by atoms with Crippen molar-refractivity contribution in [1.82, 2.24) is 4.98 Å². The van der Waals surface area contributed by atoms with Gasteiger partial charge in [0, 0.05) is 27.6 Å². The topological polar surface area (TPSA) is 32.9 Å². The Morgan fingerprint density at radius 2 is 1.79 bits per heavy atom. The summed E-state index contributed by atoms with van der Waals surface area (Å²) in [6, 6.07) is 17.5. The normalized spacial score (nSPS) is 10.8. The van der Waals surface area contributed by atoms with Crippen molar-refractivity contribution in [3.05, 3.63) is 64.8 Å². The van der Waals surface area contributed by atoms with Gasteiger partial charge in [0.25, 0.3) is 0 Å². The number of pyridine rings is 1. The Balaban J connectivity index is 2.23. The van der Waals surface area contributed by atoms with Crippen LogP contribution in [0.15, 0.2) is 64.3 Å². The predicted octanol–water partition coefficient (Wildman–Crippen LogP) is 3.92. The van der Waals surface area contributed by atoms with Crippen molar-refractivity contribution in [2.75, 3.05) is 6.26 Å². The zero-order valence-corrected chi connectivity index (χ0v) is 11.3. The first-order valence-corrected chi connectivity index (χ1v) is 7.27. The molecule has 0 aliphatic heterocycles. The molecule has 19 heavy (non-hydrogen) atoms. The smallest absolute Gasteiger partial charge is 0.190 e. The van der Waals surface area contributed by atoms with Crippen LogP contribution in [0.4, 0.5) is 0 Å². The maximum Gasteiger partial charge on any atom is 0.190 e. The Morgan fingerprint density at radius 3 is 2.53 bits per heavy atom. The summed E-state index contributed by atoms with van der Waals surface area (Å²) in [6.07, 6.45) is 2.01. The zero-order chi connectivity index (χ0) is 13.2. The highest BCUT2D eigenvalue weighted by Crippen LogP contribution is 2.21. The van der Waals surface area contributed by atoms with E-state index < -0.39 is 0 Å². The maximum absolute atomic E-state index is 12.2. The van der Waals surface area contributed by atoms with E-state index in [1.54, 1.807) is 17.8 Å². The van der Waals surface area contributed by atoms with E-state index in [0.29, 0.717) is 0 Å². The quantitative estimate of drug-likeness (QED) is 0.714. The van der Waals surface area contributed by atoms with E-state index in [1.807, 2.05) is 54.8 Å². The molecule has 0 saturated carbocycles. The van der Waals surface area contributed by atoms with Gasteiger partial charge in [-0.15, -0.1) is 11.8 Å². The molecule has 1 N–H and O–H groups in total. The molecule has 0 saturated heterocycles. The fourth-order valence-corrected chi connectivity index (χ4v) is 2.57. The Kier molecular flexibility index (Phi) is 3.13. The number of rotatable bonds is 2. The number of fused-ring (bicyclic) bond motifs is 1. The van der Waals surface area contributed by atoms with Crippen LogP contribution in [0.25, 0.3) is 22.2 Å². The molecule has 0 aliphatic rings. The van der Waals surface area contributed by atoms with Crippen LogP contribution >= 0.6 is 11.8 Å². The van der Waals surface area contributed by atoms with Crippen molar-refractivity contribution < 1.29 is 0 Å². The second-order valence-corrected chi connectivity index (χ2v) is 5.20. The van der Waals surface area contributed by atoms with Crippen molar-refractivity contribution in [2.45, 2.75) is 4.90 Å². The molecule has 1 aromatic heterocycles. The maximum atomic E-state index is 12.2. The van der Waals surface area contributed by atoms with Crippen molar-refractivity contribution in [3.63, 3.8) is 0 Å². The summed E-state index contributed by atoms with van der Waals surface area (Å²) in [6.45, 7) is 0. The van der Waals surface area contributed by atoms with Crippen LogP contribution in [0.2, 0.25) is 0 Å². The second kappa shape index (κ2) is 4.94. The number of hydrogen-bond acceptors (Lipinski definition) is 2. The number of nitrogens with one attached hydrogen (secondary N) is 1. The minimum atomic E-state index is 0.0588. The van der Waals surface area contributed by atoms with E-state index in [-0.39, 0.29) is 5.43 Å². The zero-order valence-electron chi connectivity index (χ0n) is 10.5. The van der Waals surface area contributed by atoms with E-state index in [4.69, 9.17) is 0 Å². The molecule has 3 heteroatoms. The Hall–Kier alpha value is -2.00. The number of thioether (sulfide) groups is 1. The lowest BCUT2D eigenvalue weighted by atomic mass is 10.1. The summed E-state index contributed by atoms with van der Waals surface area (Å²) in [5.41, 5.74) is 2.82. The summed E-state index contributed by atoms with van der Waals surface area (Å²) in [4.78, 5) is 16.6. The van der Waals surface area contributed by atoms with Gasteiger partial charge in [0.1, 0.15) is 0 Å². The number of hydrogen-bond donors (Lipinski definition) is 1. The van der Waals surface area contributed by atoms with Gasteiger partial charge < -0.3 is 4.98 Å². The van der Waals surface area contributed by atoms with E-state index in [9.17, 15) is 4.79 Å². The van der Waals surface area contributed by atoms with Gasteiger partial charge in [-0.3, -0.25) is 4.79 Å². The molecule has 0 spiro atoms. The molecule has 3 rings (SSSR count). The Bertz CT molecular complexity index is 778. The molecular weight excluding hydrogens is 254 g/mol. The molecule has 3 aromatic rings. The second-order valence-electron chi connectivity index (χ2n) is 4.32. The molecule has 0 bridgehead atoms. The molecule has 0 amide bonds. The van der Waals surface area contributed by atoms with Gasteiger partial charge in [0.05, 0.1) is 0 Å². The minimum Gasteiger partial charge on any atom is -0.354 e. The molecule has 0 aliphatic carbocycles. The third-order valence-corrected chi connectivity index (χ3v) is 3.85. The summed E-state index contributed by atoms with van der Waals surface area (Å²) in [7, 11) is 0. The fourth-order valence-electron chi connectivity index (χ4n) is 2.13. The number of aromatic nitrogens is 1. The molecule has 1 heterocycles. The predicted molar refractivity (Wildman–Crippen MR) is 81.8 cm³/mol. The summed E-state index contributed by atoms with van der Waals surface area (Å²) in [5, 5.41) is 0.742. The van der Waals surface area contributed by atoms with E-state index in [1.165, 1.54) is 0 Å². The standard InChI is InChI=1S/C16H13NOS/c1-19-12-7-8-14-13(9-12)16(18)10-15(17-14)11-5-3-2-4-6-11/h2-10H,1H3,(H,17,18). The summed E-state index contributed by atoms with van der Waals surface area (Å²) >= 11 is 1.64. The largest absolute Gasteiger partial charge is 0.354 e. The molecular formula is C16H13NOS. The highest BCUT2D eigenvalue weighted by Gasteiger charge is 2.04. The van der Waals surface area contributed by atoms with Gasteiger partial charge in [0.15, 0.2) is 5.43 Å². The highest BCUT2D eigenvalue weighted by molar-refractivity contribution is 7.98. The van der Waals surface area contributed by atoms with Crippen LogP contribution in [-0.4, -0.2) is 11.2 Å². The van der Waals surface area contributed by atoms with Gasteiger partial charge in [0.2, 0.25) is 0 Å². The van der Waals surface area contributed by atoms with Crippen LogP contribution < -0.4 is 5.43 Å². The molecule has 0 radical (unpaired) electrons. The first-order valence-electron chi connectivity index (χ1n) is 6.04. The molecule has 0 atom stereocenters. The van der Waals surface area contributed by atoms with Crippen molar-refractivity contribution in [3.8, 4) is 11.3 Å². The van der Waals surface area contributed by atoms with Crippen molar-refractivity contribution in [2.24, 2.45) is 0 Å². The lowest BCUT2D eigenvalue weighted by Crippen LogP contribution is -2.02. The average Bonchev–Trinajstić information content (AvgIpc) is 2.48. The SMILES string of the molecule is CSc1ccc2[nH]c(-c3ccccc3)cc(=O)c2c1. The van der Waals surface area contributed by atoms with Gasteiger partial charge in [-0.2, -0.15) is 0 Å². The van der Waals surface area contributed by atoms with Gasteiger partial charge in [-0.1, -0.05) is 30.3 Å². The molecule has 94 valence electrons. The molecule has 2 aromatic carbocycles. The fraction of sp³-hybridized carbons (Fsp3) is 0.0625. The monoisotopic (exact) mass is 267 g/mol.